The van der Waals surface area contributed by atoms with Gasteiger partial charge in [0.25, 0.3) is 0 Å². The molecule has 0 atom stereocenters. The maximum absolute atomic E-state index is 5.76. The van der Waals surface area contributed by atoms with E-state index in [1.54, 1.807) is 18.6 Å². The maximum Gasteiger partial charge on any atom is 0.156 e. The molecule has 4 rings (SSSR count). The molecule has 130 valence electrons. The average molecular weight is 337 g/mol. The van der Waals surface area contributed by atoms with Crippen LogP contribution in [0.4, 0.5) is 5.82 Å². The van der Waals surface area contributed by atoms with Gasteiger partial charge in [-0.2, -0.15) is 5.10 Å². The van der Waals surface area contributed by atoms with Gasteiger partial charge in [-0.25, -0.2) is 9.50 Å². The van der Waals surface area contributed by atoms with Gasteiger partial charge in [0.1, 0.15) is 5.69 Å². The summed E-state index contributed by atoms with van der Waals surface area (Å²) in [6.07, 6.45) is 10.2. The van der Waals surface area contributed by atoms with Gasteiger partial charge in [0, 0.05) is 36.8 Å². The summed E-state index contributed by atoms with van der Waals surface area (Å²) in [6, 6.07) is 8.30. The highest BCUT2D eigenvalue weighted by Crippen LogP contribution is 2.31. The van der Waals surface area contributed by atoms with Gasteiger partial charge in [-0.15, -0.1) is 0 Å². The monoisotopic (exact) mass is 337 g/mol. The fourth-order valence-corrected chi connectivity index (χ4v) is 3.56. The number of imidazole rings is 1. The smallest absolute Gasteiger partial charge is 0.156 e. The van der Waals surface area contributed by atoms with E-state index in [1.165, 1.54) is 0 Å². The van der Waals surface area contributed by atoms with Crippen molar-refractivity contribution in [3.05, 3.63) is 42.9 Å². The molecule has 3 aromatic rings. The number of rotatable bonds is 5. The minimum absolute atomic E-state index is 0.408. The molecule has 0 aliphatic heterocycles. The van der Waals surface area contributed by atoms with Crippen LogP contribution in [0.15, 0.2) is 42.9 Å². The summed E-state index contributed by atoms with van der Waals surface area (Å²) < 4.78 is 7.65. The lowest BCUT2D eigenvalue weighted by molar-refractivity contribution is 0.0346. The number of aromatic nitrogens is 4. The van der Waals surface area contributed by atoms with Crippen molar-refractivity contribution < 1.29 is 4.74 Å². The Kier molecular flexibility index (Phi) is 4.61. The standard InChI is InChI=1S/C19H23N5O/c1-2-25-16-7-5-15(6-8-16)22-19-18(14-9-12-20-13-10-14)24-17(23-19)4-3-11-21-24/h3-4,9-13,15-16,22H,2,5-8H2,1H3. The molecular weight excluding hydrogens is 314 g/mol. The van der Waals surface area contributed by atoms with E-state index in [2.05, 4.69) is 22.3 Å². The quantitative estimate of drug-likeness (QED) is 0.771. The molecule has 1 saturated carbocycles. The molecule has 1 aliphatic carbocycles. The normalized spacial score (nSPS) is 20.7. The van der Waals surface area contributed by atoms with E-state index >= 15 is 0 Å². The molecule has 0 bridgehead atoms. The van der Waals surface area contributed by atoms with Crippen molar-refractivity contribution in [1.29, 1.82) is 0 Å². The van der Waals surface area contributed by atoms with E-state index in [-0.39, 0.29) is 0 Å². The van der Waals surface area contributed by atoms with Crippen molar-refractivity contribution in [2.24, 2.45) is 0 Å². The highest BCUT2D eigenvalue weighted by molar-refractivity contribution is 5.76. The van der Waals surface area contributed by atoms with Gasteiger partial charge in [0.05, 0.1) is 6.10 Å². The van der Waals surface area contributed by atoms with Crippen LogP contribution in [0.2, 0.25) is 0 Å². The number of hydrogen-bond acceptors (Lipinski definition) is 5. The molecule has 0 aromatic carbocycles. The second kappa shape index (κ2) is 7.19. The molecule has 0 radical (unpaired) electrons. The lowest BCUT2D eigenvalue weighted by Crippen LogP contribution is -2.30. The third kappa shape index (κ3) is 3.35. The highest BCUT2D eigenvalue weighted by atomic mass is 16.5. The summed E-state index contributed by atoms with van der Waals surface area (Å²) in [5.41, 5.74) is 2.90. The molecular formula is C19H23N5O. The number of nitrogens with zero attached hydrogens (tertiary/aromatic N) is 4. The largest absolute Gasteiger partial charge is 0.379 e. The minimum Gasteiger partial charge on any atom is -0.379 e. The molecule has 0 spiro atoms. The Bertz CT molecular complexity index is 824. The number of pyridine rings is 1. The molecule has 1 aliphatic rings. The van der Waals surface area contributed by atoms with Crippen molar-refractivity contribution in [1.82, 2.24) is 19.6 Å². The fraction of sp³-hybridized carbons (Fsp3) is 0.421. The molecule has 1 N–H and O–H groups in total. The molecule has 6 nitrogen and oxygen atoms in total. The first-order valence-electron chi connectivity index (χ1n) is 8.97. The molecule has 3 heterocycles. The van der Waals surface area contributed by atoms with Gasteiger partial charge in [-0.05, 0) is 56.9 Å². The Morgan fingerprint density at radius 2 is 1.92 bits per heavy atom. The number of anilines is 1. The van der Waals surface area contributed by atoms with Gasteiger partial charge >= 0.3 is 0 Å². The fourth-order valence-electron chi connectivity index (χ4n) is 3.56. The summed E-state index contributed by atoms with van der Waals surface area (Å²) in [7, 11) is 0. The molecule has 6 heteroatoms. The van der Waals surface area contributed by atoms with Gasteiger partial charge in [0.2, 0.25) is 0 Å². The number of hydrogen-bond donors (Lipinski definition) is 1. The van der Waals surface area contributed by atoms with Crippen molar-refractivity contribution in [2.75, 3.05) is 11.9 Å². The van der Waals surface area contributed by atoms with Crippen molar-refractivity contribution in [2.45, 2.75) is 44.8 Å². The topological polar surface area (TPSA) is 64.3 Å². The van der Waals surface area contributed by atoms with Crippen LogP contribution in [0, 0.1) is 0 Å². The molecule has 25 heavy (non-hydrogen) atoms. The highest BCUT2D eigenvalue weighted by Gasteiger charge is 2.24. The third-order valence-electron chi connectivity index (χ3n) is 4.76. The molecule has 3 aromatic heterocycles. The van der Waals surface area contributed by atoms with E-state index in [0.29, 0.717) is 12.1 Å². The van der Waals surface area contributed by atoms with Gasteiger partial charge in [0.15, 0.2) is 11.5 Å². The second-order valence-electron chi connectivity index (χ2n) is 6.41. The van der Waals surface area contributed by atoms with Crippen LogP contribution in [-0.2, 0) is 4.74 Å². The van der Waals surface area contributed by atoms with E-state index < -0.39 is 0 Å². The number of ether oxygens (including phenoxy) is 1. The average Bonchev–Trinajstić information content (AvgIpc) is 3.02. The molecule has 1 fully saturated rings. The Morgan fingerprint density at radius 1 is 1.12 bits per heavy atom. The maximum atomic E-state index is 5.76. The van der Waals surface area contributed by atoms with Crippen LogP contribution >= 0.6 is 0 Å². The zero-order valence-electron chi connectivity index (χ0n) is 14.4. The van der Waals surface area contributed by atoms with Crippen molar-refractivity contribution in [3.8, 4) is 11.3 Å². The van der Waals surface area contributed by atoms with Crippen LogP contribution in [-0.4, -0.2) is 38.3 Å². The van der Waals surface area contributed by atoms with Crippen molar-refractivity contribution in [3.63, 3.8) is 0 Å². The minimum atomic E-state index is 0.408. The Balaban J connectivity index is 1.62. The van der Waals surface area contributed by atoms with Gasteiger partial charge < -0.3 is 10.1 Å². The van der Waals surface area contributed by atoms with Gasteiger partial charge in [-0.3, -0.25) is 4.98 Å². The Hall–Kier alpha value is -2.47. The molecule has 0 amide bonds. The van der Waals surface area contributed by atoms with E-state index in [1.807, 2.05) is 28.8 Å². The zero-order chi connectivity index (χ0) is 17.1. The lowest BCUT2D eigenvalue weighted by atomic mass is 9.93. The molecule has 0 saturated heterocycles. The van der Waals surface area contributed by atoms with Crippen LogP contribution in [0.25, 0.3) is 16.9 Å². The first-order valence-corrected chi connectivity index (χ1v) is 8.97. The predicted octanol–water partition coefficient (Wildman–Crippen LogP) is 3.55. The summed E-state index contributed by atoms with van der Waals surface area (Å²) in [4.78, 5) is 8.90. The summed E-state index contributed by atoms with van der Waals surface area (Å²) in [5.74, 6) is 0.893. The predicted molar refractivity (Wildman–Crippen MR) is 97.5 cm³/mol. The Morgan fingerprint density at radius 3 is 2.68 bits per heavy atom. The summed E-state index contributed by atoms with van der Waals surface area (Å²) in [5, 5.41) is 8.13. The van der Waals surface area contributed by atoms with Crippen LogP contribution in [0.5, 0.6) is 0 Å². The van der Waals surface area contributed by atoms with Gasteiger partial charge in [-0.1, -0.05) is 0 Å². The summed E-state index contributed by atoms with van der Waals surface area (Å²) in [6.45, 7) is 2.86. The van der Waals surface area contributed by atoms with Crippen LogP contribution in [0.1, 0.15) is 32.6 Å². The van der Waals surface area contributed by atoms with E-state index in [9.17, 15) is 0 Å². The third-order valence-corrected chi connectivity index (χ3v) is 4.76. The summed E-state index contributed by atoms with van der Waals surface area (Å²) >= 11 is 0. The first-order chi connectivity index (χ1) is 12.3. The van der Waals surface area contributed by atoms with E-state index in [0.717, 1.165) is 55.0 Å². The van der Waals surface area contributed by atoms with Crippen molar-refractivity contribution >= 4 is 11.5 Å². The lowest BCUT2D eigenvalue weighted by Gasteiger charge is -2.29. The Labute approximate surface area is 147 Å². The van der Waals surface area contributed by atoms with Crippen LogP contribution in [0.3, 0.4) is 0 Å². The number of nitrogens with one attached hydrogen (secondary N) is 1. The first kappa shape index (κ1) is 16.0. The second-order valence-corrected chi connectivity index (χ2v) is 6.41. The van der Waals surface area contributed by atoms with E-state index in [4.69, 9.17) is 9.72 Å². The molecule has 0 unspecified atom stereocenters. The SMILES string of the molecule is CCOC1CCC(Nc2nc3cccnn3c2-c2ccncc2)CC1. The van der Waals surface area contributed by atoms with Crippen LogP contribution < -0.4 is 5.32 Å². The number of fused-ring (bicyclic) bond motifs is 1. The zero-order valence-corrected chi connectivity index (χ0v) is 14.4.